The van der Waals surface area contributed by atoms with Gasteiger partial charge in [0.1, 0.15) is 11.3 Å². The first kappa shape index (κ1) is 18.3. The van der Waals surface area contributed by atoms with Gasteiger partial charge in [0.15, 0.2) is 0 Å². The van der Waals surface area contributed by atoms with Crippen LogP contribution in [-0.2, 0) is 6.42 Å². The van der Waals surface area contributed by atoms with Crippen LogP contribution in [0.5, 0.6) is 0 Å². The highest BCUT2D eigenvalue weighted by Crippen LogP contribution is 2.33. The number of aryl methyl sites for hydroxylation is 1. The summed E-state index contributed by atoms with van der Waals surface area (Å²) in [6.45, 7) is 1.95. The van der Waals surface area contributed by atoms with E-state index in [2.05, 4.69) is 23.5 Å². The average Bonchev–Trinajstić information content (AvgIpc) is 3.11. The van der Waals surface area contributed by atoms with E-state index in [1.54, 1.807) is 6.08 Å². The molecule has 3 nitrogen and oxygen atoms in total. The lowest BCUT2D eigenvalue weighted by Crippen LogP contribution is -1.99. The van der Waals surface area contributed by atoms with Crippen LogP contribution in [0.1, 0.15) is 30.2 Å². The fraction of sp³-hybridized carbons (Fsp3) is 0.125. The summed E-state index contributed by atoms with van der Waals surface area (Å²) in [5.41, 5.74) is 4.84. The molecule has 1 heterocycles. The van der Waals surface area contributed by atoms with Crippen molar-refractivity contribution in [2.24, 2.45) is 0 Å². The maximum atomic E-state index is 8.57. The second-order valence-corrected chi connectivity index (χ2v) is 7.07. The molecule has 0 radical (unpaired) electrons. The van der Waals surface area contributed by atoms with Crippen molar-refractivity contribution in [1.29, 1.82) is 5.41 Å². The SMILES string of the molecule is C/C=C(\C=C/C(=N)c1cccc2c3c(oc12)CCC=C3)Nc1ccccc1Cl. The fourth-order valence-corrected chi connectivity index (χ4v) is 3.56. The number of hydrogen-bond acceptors (Lipinski definition) is 3. The number of halogens is 1. The molecule has 0 aliphatic heterocycles. The van der Waals surface area contributed by atoms with Gasteiger partial charge >= 0.3 is 0 Å². The highest BCUT2D eigenvalue weighted by atomic mass is 35.5. The maximum absolute atomic E-state index is 8.57. The molecule has 1 aliphatic rings. The molecule has 3 aromatic rings. The molecule has 28 heavy (non-hydrogen) atoms. The molecule has 4 rings (SSSR count). The number of anilines is 1. The normalized spacial score (nSPS) is 13.9. The van der Waals surface area contributed by atoms with E-state index in [9.17, 15) is 0 Å². The van der Waals surface area contributed by atoms with Gasteiger partial charge in [0.25, 0.3) is 0 Å². The highest BCUT2D eigenvalue weighted by Gasteiger charge is 2.17. The molecule has 0 atom stereocenters. The number of benzene rings is 2. The van der Waals surface area contributed by atoms with E-state index in [1.165, 1.54) is 0 Å². The minimum Gasteiger partial charge on any atom is -0.460 e. The molecular weight excluding hydrogens is 368 g/mol. The van der Waals surface area contributed by atoms with E-state index in [0.717, 1.165) is 52.1 Å². The molecule has 0 fully saturated rings. The first-order chi connectivity index (χ1) is 13.7. The van der Waals surface area contributed by atoms with Crippen molar-refractivity contribution in [1.82, 2.24) is 0 Å². The Balaban J connectivity index is 1.60. The third-order valence-electron chi connectivity index (χ3n) is 4.84. The van der Waals surface area contributed by atoms with E-state index in [0.29, 0.717) is 10.7 Å². The van der Waals surface area contributed by atoms with E-state index >= 15 is 0 Å². The second-order valence-electron chi connectivity index (χ2n) is 6.66. The molecule has 1 aromatic heterocycles. The van der Waals surface area contributed by atoms with Gasteiger partial charge in [0, 0.05) is 28.6 Å². The van der Waals surface area contributed by atoms with Crippen molar-refractivity contribution in [3.63, 3.8) is 0 Å². The third-order valence-corrected chi connectivity index (χ3v) is 5.17. The quantitative estimate of drug-likeness (QED) is 0.365. The third kappa shape index (κ3) is 3.54. The Morgan fingerprint density at radius 2 is 2.00 bits per heavy atom. The summed E-state index contributed by atoms with van der Waals surface area (Å²) >= 11 is 6.22. The lowest BCUT2D eigenvalue weighted by molar-refractivity contribution is 0.546. The van der Waals surface area contributed by atoms with Gasteiger partial charge in [-0.2, -0.15) is 0 Å². The summed E-state index contributed by atoms with van der Waals surface area (Å²) in [6, 6.07) is 13.6. The Labute approximate surface area is 169 Å². The van der Waals surface area contributed by atoms with Crippen molar-refractivity contribution in [3.05, 3.63) is 94.4 Å². The average molecular weight is 389 g/mol. The minimum atomic E-state index is 0.404. The summed E-state index contributed by atoms with van der Waals surface area (Å²) in [5.74, 6) is 1.01. The number of hydrogen-bond donors (Lipinski definition) is 2. The topological polar surface area (TPSA) is 49.0 Å². The predicted molar refractivity (Wildman–Crippen MR) is 118 cm³/mol. The summed E-state index contributed by atoms with van der Waals surface area (Å²) in [6.07, 6.45) is 11.8. The van der Waals surface area contributed by atoms with Crippen molar-refractivity contribution >= 4 is 40.0 Å². The van der Waals surface area contributed by atoms with E-state index in [4.69, 9.17) is 21.4 Å². The van der Waals surface area contributed by atoms with Crippen LogP contribution in [0.25, 0.3) is 17.0 Å². The summed E-state index contributed by atoms with van der Waals surface area (Å²) < 4.78 is 6.11. The molecule has 2 N–H and O–H groups in total. The molecule has 4 heteroatoms. The molecule has 0 bridgehead atoms. The van der Waals surface area contributed by atoms with E-state index < -0.39 is 0 Å². The Bertz CT molecular complexity index is 1130. The zero-order valence-corrected chi connectivity index (χ0v) is 16.4. The largest absolute Gasteiger partial charge is 0.460 e. The zero-order chi connectivity index (χ0) is 19.5. The van der Waals surface area contributed by atoms with Gasteiger partial charge in [-0.25, -0.2) is 0 Å². The summed E-state index contributed by atoms with van der Waals surface area (Å²) in [7, 11) is 0. The monoisotopic (exact) mass is 388 g/mol. The highest BCUT2D eigenvalue weighted by molar-refractivity contribution is 6.33. The summed E-state index contributed by atoms with van der Waals surface area (Å²) in [5, 5.41) is 13.6. The predicted octanol–water partition coefficient (Wildman–Crippen LogP) is 6.99. The molecular formula is C24H21ClN2O. The van der Waals surface area contributed by atoms with Crippen molar-refractivity contribution < 1.29 is 4.42 Å². The van der Waals surface area contributed by atoms with Crippen LogP contribution in [0, 0.1) is 5.41 Å². The van der Waals surface area contributed by atoms with Crippen LogP contribution in [-0.4, -0.2) is 5.71 Å². The first-order valence-corrected chi connectivity index (χ1v) is 9.71. The van der Waals surface area contributed by atoms with Gasteiger partial charge in [0.2, 0.25) is 0 Å². The van der Waals surface area contributed by atoms with Crippen LogP contribution >= 0.6 is 11.6 Å². The number of furan rings is 1. The lowest BCUT2D eigenvalue weighted by atomic mass is 10.00. The standard InChI is InChI=1S/C24H21ClN2O/c1-2-16(27-22-12-5-4-11-20(22)25)14-15-21(26)19-10-7-9-18-17-8-3-6-13-23(17)28-24(18)19/h2-5,7-12,14-15,26-27H,6,13H2,1H3/b15-14-,16-2+,26-21?. The molecule has 0 saturated carbocycles. The Morgan fingerprint density at radius 1 is 1.14 bits per heavy atom. The van der Waals surface area contributed by atoms with E-state index in [-0.39, 0.29) is 0 Å². The molecule has 0 saturated heterocycles. The number of para-hydroxylation sites is 2. The van der Waals surface area contributed by atoms with Crippen molar-refractivity contribution in [2.75, 3.05) is 5.32 Å². The van der Waals surface area contributed by atoms with Crippen LogP contribution in [0.3, 0.4) is 0 Å². The number of rotatable bonds is 5. The van der Waals surface area contributed by atoms with Crippen LogP contribution < -0.4 is 5.32 Å². The van der Waals surface area contributed by atoms with Gasteiger partial charge < -0.3 is 15.1 Å². The van der Waals surface area contributed by atoms with Gasteiger partial charge in [0.05, 0.1) is 16.4 Å². The smallest absolute Gasteiger partial charge is 0.144 e. The van der Waals surface area contributed by atoms with Gasteiger partial charge in [-0.05, 0) is 43.7 Å². The molecule has 140 valence electrons. The van der Waals surface area contributed by atoms with Gasteiger partial charge in [-0.15, -0.1) is 0 Å². The number of nitrogens with one attached hydrogen (secondary N) is 2. The van der Waals surface area contributed by atoms with Crippen LogP contribution in [0.15, 0.2) is 76.9 Å². The minimum absolute atomic E-state index is 0.404. The Kier molecular flexibility index (Phi) is 5.18. The Hall–Kier alpha value is -3.04. The lowest BCUT2D eigenvalue weighted by Gasteiger charge is -2.09. The van der Waals surface area contributed by atoms with Gasteiger partial charge in [-0.1, -0.05) is 54.1 Å². The Morgan fingerprint density at radius 3 is 2.82 bits per heavy atom. The van der Waals surface area contributed by atoms with Crippen molar-refractivity contribution in [2.45, 2.75) is 19.8 Å². The molecule has 0 spiro atoms. The summed E-state index contributed by atoms with van der Waals surface area (Å²) in [4.78, 5) is 0. The van der Waals surface area contributed by atoms with E-state index in [1.807, 2.05) is 55.5 Å². The second kappa shape index (κ2) is 7.91. The maximum Gasteiger partial charge on any atom is 0.144 e. The molecule has 2 aromatic carbocycles. The molecule has 0 unspecified atom stereocenters. The van der Waals surface area contributed by atoms with Gasteiger partial charge in [-0.3, -0.25) is 0 Å². The zero-order valence-electron chi connectivity index (χ0n) is 15.6. The molecule has 0 amide bonds. The number of allylic oxidation sites excluding steroid dienone is 4. The van der Waals surface area contributed by atoms with Crippen LogP contribution in [0.4, 0.5) is 5.69 Å². The van der Waals surface area contributed by atoms with Crippen molar-refractivity contribution in [3.8, 4) is 0 Å². The van der Waals surface area contributed by atoms with Crippen LogP contribution in [0.2, 0.25) is 5.02 Å². The number of fused-ring (bicyclic) bond motifs is 3. The fourth-order valence-electron chi connectivity index (χ4n) is 3.37. The first-order valence-electron chi connectivity index (χ1n) is 9.33. The molecule has 1 aliphatic carbocycles.